The molecule has 0 aliphatic carbocycles. The Morgan fingerprint density at radius 3 is 2.03 bits per heavy atom. The van der Waals surface area contributed by atoms with Gasteiger partial charge < -0.3 is 0 Å². The van der Waals surface area contributed by atoms with Crippen LogP contribution in [-0.4, -0.2) is 20.5 Å². The Kier molecular flexibility index (Phi) is 15.6. The first-order valence-electron chi connectivity index (χ1n) is 13.1. The predicted octanol–water partition coefficient (Wildman–Crippen LogP) is 10.9. The molecule has 2 heteroatoms. The van der Waals surface area contributed by atoms with E-state index in [1.54, 1.807) is 0 Å². The van der Waals surface area contributed by atoms with Crippen LogP contribution >= 0.6 is 23.5 Å². The molecule has 0 aromatic heterocycles. The van der Waals surface area contributed by atoms with Gasteiger partial charge in [0.05, 0.1) is 0 Å². The van der Waals surface area contributed by atoms with E-state index in [9.17, 15) is 0 Å². The highest BCUT2D eigenvalue weighted by molar-refractivity contribution is 8.01. The van der Waals surface area contributed by atoms with Gasteiger partial charge in [0.25, 0.3) is 0 Å². The lowest BCUT2D eigenvalue weighted by Crippen LogP contribution is -2.25. The molecule has 0 nitrogen and oxygen atoms in total. The summed E-state index contributed by atoms with van der Waals surface area (Å²) >= 11 is 4.37. The Bertz CT molecular complexity index is 470. The maximum absolute atomic E-state index is 4.29. The highest BCUT2D eigenvalue weighted by atomic mass is 32.2. The number of allylic oxidation sites excluding steroid dienone is 1. The topological polar surface area (TPSA) is 0 Å². The van der Waals surface area contributed by atoms with E-state index in [1.165, 1.54) is 75.5 Å². The van der Waals surface area contributed by atoms with Gasteiger partial charge in [-0.15, -0.1) is 0 Å². The van der Waals surface area contributed by atoms with E-state index < -0.39 is 0 Å². The van der Waals surface area contributed by atoms with Crippen LogP contribution in [-0.2, 0) is 0 Å². The van der Waals surface area contributed by atoms with E-state index in [1.807, 2.05) is 0 Å². The number of thioether (sulfide) groups is 2. The molecule has 0 bridgehead atoms. The van der Waals surface area contributed by atoms with Crippen LogP contribution in [0.2, 0.25) is 0 Å². The Balaban J connectivity index is 4.00. The van der Waals surface area contributed by atoms with E-state index in [4.69, 9.17) is 0 Å². The molecule has 0 aromatic carbocycles. The Morgan fingerprint density at radius 1 is 0.839 bits per heavy atom. The van der Waals surface area contributed by atoms with Gasteiger partial charge in [-0.25, -0.2) is 0 Å². The van der Waals surface area contributed by atoms with Gasteiger partial charge in [-0.1, -0.05) is 120 Å². The average molecular weight is 471 g/mol. The van der Waals surface area contributed by atoms with Crippen LogP contribution < -0.4 is 0 Å². The fourth-order valence-electron chi connectivity index (χ4n) is 4.67. The summed E-state index contributed by atoms with van der Waals surface area (Å²) in [5, 5.41) is 0.695. The van der Waals surface area contributed by atoms with Crippen molar-refractivity contribution in [2.75, 3.05) is 5.75 Å². The molecule has 0 rings (SSSR count). The van der Waals surface area contributed by atoms with E-state index in [2.05, 4.69) is 99.3 Å². The van der Waals surface area contributed by atoms with Crippen LogP contribution in [0.4, 0.5) is 0 Å². The van der Waals surface area contributed by atoms with Crippen LogP contribution in [0, 0.1) is 11.3 Å². The van der Waals surface area contributed by atoms with Crippen molar-refractivity contribution < 1.29 is 0 Å². The van der Waals surface area contributed by atoms with Crippen LogP contribution in [0.15, 0.2) is 12.2 Å². The van der Waals surface area contributed by atoms with Crippen LogP contribution in [0.25, 0.3) is 0 Å². The second kappa shape index (κ2) is 15.4. The van der Waals surface area contributed by atoms with Crippen molar-refractivity contribution >= 4 is 23.5 Å². The molecular formula is C29H58S2. The lowest BCUT2D eigenvalue weighted by atomic mass is 9.87. The lowest BCUT2D eigenvalue weighted by Gasteiger charge is -2.33. The Labute approximate surface area is 207 Å². The zero-order valence-corrected chi connectivity index (χ0v) is 24.8. The van der Waals surface area contributed by atoms with Crippen LogP contribution in [0.5, 0.6) is 0 Å². The second-order valence-electron chi connectivity index (χ2n) is 12.6. The fraction of sp³-hybridized carbons (Fsp3) is 0.931. The molecule has 0 radical (unpaired) electrons. The summed E-state index contributed by atoms with van der Waals surface area (Å²) in [6, 6.07) is 0. The van der Waals surface area contributed by atoms with E-state index in [0.717, 1.165) is 12.3 Å². The molecule has 0 spiro atoms. The van der Waals surface area contributed by atoms with Crippen molar-refractivity contribution in [3.8, 4) is 0 Å². The monoisotopic (exact) mass is 470 g/mol. The third-order valence-electron chi connectivity index (χ3n) is 6.04. The minimum Gasteiger partial charge on any atom is -0.156 e. The van der Waals surface area contributed by atoms with Crippen molar-refractivity contribution in [2.24, 2.45) is 11.3 Å². The summed E-state index contributed by atoms with van der Waals surface area (Å²) in [6.45, 7) is 28.2. The minimum atomic E-state index is 0.302. The van der Waals surface area contributed by atoms with Gasteiger partial charge in [0.2, 0.25) is 0 Å². The van der Waals surface area contributed by atoms with Gasteiger partial charge in [0.1, 0.15) is 0 Å². The number of unbranched alkanes of at least 4 members (excludes halogenated alkanes) is 2. The molecule has 0 saturated carbocycles. The molecule has 186 valence electrons. The summed E-state index contributed by atoms with van der Waals surface area (Å²) < 4.78 is 0.680. The maximum Gasteiger partial charge on any atom is 0.0143 e. The van der Waals surface area contributed by atoms with Gasteiger partial charge in [-0.2, -0.15) is 23.5 Å². The largest absolute Gasteiger partial charge is 0.156 e. The van der Waals surface area contributed by atoms with Crippen molar-refractivity contribution in [3.63, 3.8) is 0 Å². The first-order chi connectivity index (χ1) is 14.2. The third kappa shape index (κ3) is 19.6. The quantitative estimate of drug-likeness (QED) is 0.144. The summed E-state index contributed by atoms with van der Waals surface area (Å²) in [4.78, 5) is 0. The molecule has 0 fully saturated rings. The fourth-order valence-corrected chi connectivity index (χ4v) is 7.92. The zero-order valence-electron chi connectivity index (χ0n) is 23.2. The molecular weight excluding hydrogens is 412 g/mol. The Hall–Kier alpha value is 0.440. The van der Waals surface area contributed by atoms with E-state index in [-0.39, 0.29) is 0 Å². The van der Waals surface area contributed by atoms with Crippen molar-refractivity contribution in [2.45, 2.75) is 155 Å². The highest BCUT2D eigenvalue weighted by Gasteiger charge is 2.27. The summed E-state index contributed by atoms with van der Waals surface area (Å²) in [7, 11) is 0. The molecule has 0 saturated heterocycles. The van der Waals surface area contributed by atoms with Crippen LogP contribution in [0.3, 0.4) is 0 Å². The summed E-state index contributed by atoms with van der Waals surface area (Å²) in [5.74, 6) is 2.22. The molecule has 0 aromatic rings. The average Bonchev–Trinajstić information content (AvgIpc) is 2.55. The number of hydrogen-bond donors (Lipinski definition) is 0. The predicted molar refractivity (Wildman–Crippen MR) is 152 cm³/mol. The highest BCUT2D eigenvalue weighted by Crippen LogP contribution is 2.40. The normalized spacial score (nSPS) is 15.2. The van der Waals surface area contributed by atoms with E-state index in [0.29, 0.717) is 20.2 Å². The maximum atomic E-state index is 4.29. The smallest absolute Gasteiger partial charge is 0.0143 e. The SMILES string of the molecule is C=C(CCC)CC(C)(C)SC(C)CC(C)(C)SCCCCCC(C)CCCC(C)(C)C. The first-order valence-corrected chi connectivity index (χ1v) is 15.0. The van der Waals surface area contributed by atoms with Crippen molar-refractivity contribution in [1.29, 1.82) is 0 Å². The van der Waals surface area contributed by atoms with Gasteiger partial charge in [-0.3, -0.25) is 0 Å². The van der Waals surface area contributed by atoms with Crippen molar-refractivity contribution in [1.82, 2.24) is 0 Å². The standard InChI is InChI=1S/C29H58S2/c1-12-17-25(3)22-29(10,11)31-26(4)23-28(8,9)30-21-15-13-14-18-24(2)19-16-20-27(5,6)7/h24,26H,3,12-23H2,1-2,4-11H3. The second-order valence-corrected chi connectivity index (χ2v) is 16.5. The molecule has 0 aliphatic heterocycles. The van der Waals surface area contributed by atoms with Gasteiger partial charge >= 0.3 is 0 Å². The van der Waals surface area contributed by atoms with Gasteiger partial charge in [0, 0.05) is 14.7 Å². The third-order valence-corrected chi connectivity index (χ3v) is 8.83. The zero-order chi connectivity index (χ0) is 24.1. The summed E-state index contributed by atoms with van der Waals surface area (Å²) in [6.07, 6.45) is 14.6. The van der Waals surface area contributed by atoms with Crippen LogP contribution in [0.1, 0.15) is 140 Å². The number of hydrogen-bond acceptors (Lipinski definition) is 2. The minimum absolute atomic E-state index is 0.302. The summed E-state index contributed by atoms with van der Waals surface area (Å²) in [5.41, 5.74) is 1.92. The lowest BCUT2D eigenvalue weighted by molar-refractivity contribution is 0.336. The Morgan fingerprint density at radius 2 is 1.45 bits per heavy atom. The molecule has 0 N–H and O–H groups in total. The molecule has 0 aliphatic rings. The number of rotatable bonds is 18. The van der Waals surface area contributed by atoms with Gasteiger partial charge in [0.15, 0.2) is 0 Å². The van der Waals surface area contributed by atoms with Crippen molar-refractivity contribution in [3.05, 3.63) is 12.2 Å². The molecule has 31 heavy (non-hydrogen) atoms. The molecule has 2 atom stereocenters. The molecule has 0 heterocycles. The van der Waals surface area contributed by atoms with E-state index >= 15 is 0 Å². The molecule has 2 unspecified atom stereocenters. The molecule has 0 amide bonds. The first kappa shape index (κ1) is 31.4. The van der Waals surface area contributed by atoms with Gasteiger partial charge in [-0.05, 0) is 49.2 Å².